The summed E-state index contributed by atoms with van der Waals surface area (Å²) in [6, 6.07) is 0. The van der Waals surface area contributed by atoms with E-state index in [4.69, 9.17) is 9.05 Å². The topological polar surface area (TPSA) is 47.9 Å². The fourth-order valence-electron chi connectivity index (χ4n) is 1.23. The number of thiocarbonyl (C=S) groups is 1. The molecule has 0 aromatic carbocycles. The molecule has 0 atom stereocenters. The van der Waals surface area contributed by atoms with Crippen LogP contribution in [0.25, 0.3) is 0 Å². The molecule has 0 radical (unpaired) electrons. The van der Waals surface area contributed by atoms with Gasteiger partial charge in [-0.05, 0) is 36.9 Å². The minimum atomic E-state index is -2.96. The number of unbranched alkanes of at least 4 members (excludes halogenated alkanes) is 1. The van der Waals surface area contributed by atoms with Crippen LogP contribution in [0.1, 0.15) is 40.5 Å². The van der Waals surface area contributed by atoms with Gasteiger partial charge in [0.15, 0.2) is 0 Å². The second-order valence-corrected chi connectivity index (χ2v) is 7.76. The predicted octanol–water partition coefficient (Wildman–Crippen LogP) is 4.41. The van der Waals surface area contributed by atoms with Gasteiger partial charge in [0.05, 0.1) is 24.5 Å². The zero-order chi connectivity index (χ0) is 14.7. The highest BCUT2D eigenvalue weighted by Gasteiger charge is 2.24. The van der Waals surface area contributed by atoms with Crippen molar-refractivity contribution in [3.05, 3.63) is 0 Å². The lowest BCUT2D eigenvalue weighted by atomic mass is 10.2. The molecule has 0 aromatic rings. The fraction of sp³-hybridized carbons (Fsp3) is 0.923. The zero-order valence-electron chi connectivity index (χ0n) is 12.4. The molecule has 19 heavy (non-hydrogen) atoms. The van der Waals surface area contributed by atoms with Gasteiger partial charge in [-0.2, -0.15) is 0 Å². The van der Waals surface area contributed by atoms with E-state index in [0.29, 0.717) is 37.8 Å². The lowest BCUT2D eigenvalue weighted by Gasteiger charge is -2.20. The van der Waals surface area contributed by atoms with Gasteiger partial charge >= 0.3 is 7.60 Å². The molecule has 0 spiro atoms. The van der Waals surface area contributed by atoms with E-state index in [2.05, 4.69) is 22.4 Å². The van der Waals surface area contributed by atoms with Crippen LogP contribution in [0, 0.1) is 11.8 Å². The Morgan fingerprint density at radius 3 is 2.05 bits per heavy atom. The largest absolute Gasteiger partial charge is 0.330 e. The number of rotatable bonds is 11. The Morgan fingerprint density at radius 2 is 1.63 bits per heavy atom. The van der Waals surface area contributed by atoms with Crippen molar-refractivity contribution >= 4 is 25.0 Å². The van der Waals surface area contributed by atoms with E-state index in [1.807, 2.05) is 27.7 Å². The molecule has 0 amide bonds. The van der Waals surface area contributed by atoms with Crippen LogP contribution in [0.5, 0.6) is 0 Å². The summed E-state index contributed by atoms with van der Waals surface area (Å²) in [4.78, 5) is 3.83. The quantitative estimate of drug-likeness (QED) is 0.245. The molecule has 0 bridgehead atoms. The smallest absolute Gasteiger partial charge is 0.308 e. The van der Waals surface area contributed by atoms with Crippen molar-refractivity contribution in [2.24, 2.45) is 16.8 Å². The van der Waals surface area contributed by atoms with E-state index < -0.39 is 7.60 Å². The molecule has 0 heterocycles. The minimum Gasteiger partial charge on any atom is -0.308 e. The first kappa shape index (κ1) is 18.9. The fourth-order valence-corrected chi connectivity index (χ4v) is 3.32. The molecular formula is C13H26NO3PS. The molecular weight excluding hydrogens is 281 g/mol. The molecule has 0 unspecified atom stereocenters. The average molecular weight is 307 g/mol. The highest BCUT2D eigenvalue weighted by molar-refractivity contribution is 7.78. The van der Waals surface area contributed by atoms with Gasteiger partial charge in [-0.3, -0.25) is 4.57 Å². The highest BCUT2D eigenvalue weighted by atomic mass is 32.1. The van der Waals surface area contributed by atoms with E-state index >= 15 is 0 Å². The Hall–Kier alpha value is -0.0500. The van der Waals surface area contributed by atoms with Gasteiger partial charge < -0.3 is 9.05 Å². The molecule has 0 rings (SSSR count). The summed E-state index contributed by atoms with van der Waals surface area (Å²) in [5.74, 6) is 0.686. The summed E-state index contributed by atoms with van der Waals surface area (Å²) < 4.78 is 23.6. The SMILES string of the molecule is CC(C)COP(=O)(CCCCN=C=S)OCC(C)C. The summed E-state index contributed by atoms with van der Waals surface area (Å²) in [6.07, 6.45) is 2.02. The lowest BCUT2D eigenvalue weighted by molar-refractivity contribution is 0.173. The van der Waals surface area contributed by atoms with Crippen molar-refractivity contribution < 1.29 is 13.6 Å². The molecule has 0 fully saturated rings. The molecule has 0 aliphatic rings. The maximum atomic E-state index is 12.5. The van der Waals surface area contributed by atoms with E-state index in [0.717, 1.165) is 12.8 Å². The molecule has 6 heteroatoms. The van der Waals surface area contributed by atoms with Crippen LogP contribution in [-0.4, -0.2) is 31.1 Å². The van der Waals surface area contributed by atoms with Gasteiger partial charge in [0, 0.05) is 6.54 Å². The molecule has 0 aromatic heterocycles. The second-order valence-electron chi connectivity index (χ2n) is 5.39. The molecule has 4 nitrogen and oxygen atoms in total. The molecule has 112 valence electrons. The summed E-state index contributed by atoms with van der Waals surface area (Å²) in [7, 11) is -2.96. The van der Waals surface area contributed by atoms with E-state index in [9.17, 15) is 4.57 Å². The Morgan fingerprint density at radius 1 is 1.11 bits per heavy atom. The Labute approximate surface area is 122 Å². The van der Waals surface area contributed by atoms with Gasteiger partial charge in [0.1, 0.15) is 0 Å². The van der Waals surface area contributed by atoms with Gasteiger partial charge in [0.2, 0.25) is 0 Å². The minimum absolute atomic E-state index is 0.343. The zero-order valence-corrected chi connectivity index (χ0v) is 14.1. The third-order valence-corrected chi connectivity index (χ3v) is 4.30. The first-order chi connectivity index (χ1) is 8.89. The van der Waals surface area contributed by atoms with Crippen molar-refractivity contribution in [1.82, 2.24) is 0 Å². The number of aliphatic imine (C=N–C) groups is 1. The van der Waals surface area contributed by atoms with Crippen LogP contribution >= 0.6 is 19.8 Å². The van der Waals surface area contributed by atoms with Crippen LogP contribution in [0.2, 0.25) is 0 Å². The number of nitrogens with zero attached hydrogens (tertiary/aromatic N) is 1. The lowest BCUT2D eigenvalue weighted by Crippen LogP contribution is -2.09. The van der Waals surface area contributed by atoms with Crippen LogP contribution in [0.3, 0.4) is 0 Å². The van der Waals surface area contributed by atoms with Crippen LogP contribution in [0.15, 0.2) is 4.99 Å². The van der Waals surface area contributed by atoms with Gasteiger partial charge in [0.25, 0.3) is 0 Å². The van der Waals surface area contributed by atoms with Crippen LogP contribution in [0.4, 0.5) is 0 Å². The first-order valence-electron chi connectivity index (χ1n) is 6.81. The normalized spacial score (nSPS) is 11.9. The third-order valence-electron chi connectivity index (χ3n) is 2.23. The van der Waals surface area contributed by atoms with Crippen molar-refractivity contribution in [1.29, 1.82) is 0 Å². The van der Waals surface area contributed by atoms with Crippen LogP contribution < -0.4 is 0 Å². The van der Waals surface area contributed by atoms with E-state index in [1.54, 1.807) is 0 Å². The third kappa shape index (κ3) is 11.5. The monoisotopic (exact) mass is 307 g/mol. The summed E-state index contributed by atoms with van der Waals surface area (Å²) in [5, 5.41) is 2.32. The van der Waals surface area contributed by atoms with E-state index in [1.165, 1.54) is 0 Å². The van der Waals surface area contributed by atoms with Gasteiger partial charge in [-0.15, -0.1) is 0 Å². The van der Waals surface area contributed by atoms with Crippen molar-refractivity contribution in [2.75, 3.05) is 25.9 Å². The second kappa shape index (κ2) is 10.7. The van der Waals surface area contributed by atoms with Crippen molar-refractivity contribution in [3.8, 4) is 0 Å². The Balaban J connectivity index is 4.22. The maximum Gasteiger partial charge on any atom is 0.330 e. The molecule has 0 aliphatic carbocycles. The highest BCUT2D eigenvalue weighted by Crippen LogP contribution is 2.49. The molecule has 0 saturated carbocycles. The molecule has 0 aliphatic heterocycles. The summed E-state index contributed by atoms with van der Waals surface area (Å²) >= 11 is 4.49. The number of hydrogen-bond donors (Lipinski definition) is 0. The van der Waals surface area contributed by atoms with Crippen molar-refractivity contribution in [2.45, 2.75) is 40.5 Å². The Kier molecular flexibility index (Phi) is 10.7. The molecule has 0 N–H and O–H groups in total. The molecule has 0 saturated heterocycles. The van der Waals surface area contributed by atoms with Crippen LogP contribution in [-0.2, 0) is 13.6 Å². The standard InChI is InChI=1S/C13H26NO3PS/c1-12(2)9-16-18(15,17-10-13(3)4)8-6-5-7-14-11-19/h12-13H,5-10H2,1-4H3. The van der Waals surface area contributed by atoms with Gasteiger partial charge in [-0.1, -0.05) is 27.7 Å². The summed E-state index contributed by atoms with van der Waals surface area (Å²) in [5.41, 5.74) is 0. The first-order valence-corrected chi connectivity index (χ1v) is 8.95. The van der Waals surface area contributed by atoms with E-state index in [-0.39, 0.29) is 0 Å². The predicted molar refractivity (Wildman–Crippen MR) is 83.2 cm³/mol. The van der Waals surface area contributed by atoms with Gasteiger partial charge in [-0.25, -0.2) is 4.99 Å². The Bertz CT molecular complexity index is 312. The maximum absolute atomic E-state index is 12.5. The number of isothiocyanates is 1. The van der Waals surface area contributed by atoms with Crippen molar-refractivity contribution in [3.63, 3.8) is 0 Å². The average Bonchev–Trinajstić information content (AvgIpc) is 2.34. The summed E-state index contributed by atoms with van der Waals surface area (Å²) in [6.45, 7) is 9.67. The number of hydrogen-bond acceptors (Lipinski definition) is 5.